The van der Waals surface area contributed by atoms with Gasteiger partial charge in [0.15, 0.2) is 5.78 Å². The number of piperidine rings is 1. The summed E-state index contributed by atoms with van der Waals surface area (Å²) in [7, 11) is 0. The molecular formula is C21H30N2O4. The van der Waals surface area contributed by atoms with Gasteiger partial charge in [-0.25, -0.2) is 4.79 Å². The van der Waals surface area contributed by atoms with Crippen LogP contribution in [0.5, 0.6) is 0 Å². The van der Waals surface area contributed by atoms with Gasteiger partial charge in [-0.2, -0.15) is 0 Å². The van der Waals surface area contributed by atoms with Gasteiger partial charge in [-0.1, -0.05) is 30.3 Å². The van der Waals surface area contributed by atoms with Crippen LogP contribution in [0.15, 0.2) is 30.3 Å². The summed E-state index contributed by atoms with van der Waals surface area (Å²) in [6, 6.07) is 9.06. The van der Waals surface area contributed by atoms with Gasteiger partial charge in [0, 0.05) is 38.0 Å². The van der Waals surface area contributed by atoms with Gasteiger partial charge in [-0.15, -0.1) is 0 Å². The van der Waals surface area contributed by atoms with Crippen molar-refractivity contribution in [1.82, 2.24) is 10.2 Å². The molecule has 2 rings (SSSR count). The van der Waals surface area contributed by atoms with Gasteiger partial charge in [0.2, 0.25) is 5.91 Å². The van der Waals surface area contributed by atoms with Crippen LogP contribution in [0.25, 0.3) is 0 Å². The zero-order chi connectivity index (χ0) is 19.9. The van der Waals surface area contributed by atoms with E-state index < -0.39 is 11.7 Å². The van der Waals surface area contributed by atoms with E-state index in [9.17, 15) is 14.4 Å². The van der Waals surface area contributed by atoms with Crippen molar-refractivity contribution in [3.05, 3.63) is 35.9 Å². The largest absolute Gasteiger partial charge is 0.444 e. The SMILES string of the molecule is CC(C)(C)OC(=O)NCC1CCN(C(=O)CCC(=O)c2ccccc2)CC1. The smallest absolute Gasteiger partial charge is 0.407 e. The molecule has 1 aliphatic heterocycles. The minimum atomic E-state index is -0.503. The van der Waals surface area contributed by atoms with Crippen molar-refractivity contribution >= 4 is 17.8 Å². The van der Waals surface area contributed by atoms with Gasteiger partial charge in [-0.05, 0) is 39.5 Å². The summed E-state index contributed by atoms with van der Waals surface area (Å²) in [6.07, 6.45) is 1.76. The topological polar surface area (TPSA) is 75.7 Å². The van der Waals surface area contributed by atoms with Gasteiger partial charge in [0.05, 0.1) is 0 Å². The highest BCUT2D eigenvalue weighted by molar-refractivity contribution is 5.97. The predicted octanol–water partition coefficient (Wildman–Crippen LogP) is 3.41. The predicted molar refractivity (Wildman–Crippen MR) is 104 cm³/mol. The highest BCUT2D eigenvalue weighted by atomic mass is 16.6. The number of carbonyl (C=O) groups excluding carboxylic acids is 3. The first-order chi connectivity index (χ1) is 12.7. The van der Waals surface area contributed by atoms with Crippen molar-refractivity contribution in [1.29, 1.82) is 0 Å². The summed E-state index contributed by atoms with van der Waals surface area (Å²) >= 11 is 0. The number of ether oxygens (including phenoxy) is 1. The molecule has 0 atom stereocenters. The van der Waals surface area contributed by atoms with Crippen molar-refractivity contribution in [3.8, 4) is 0 Å². The van der Waals surface area contributed by atoms with E-state index in [1.807, 2.05) is 43.9 Å². The molecule has 2 amide bonds. The second kappa shape index (κ2) is 9.53. The monoisotopic (exact) mass is 374 g/mol. The molecule has 1 fully saturated rings. The molecule has 0 unspecified atom stereocenters. The average Bonchev–Trinajstić information content (AvgIpc) is 2.64. The molecule has 0 saturated carbocycles. The standard InChI is InChI=1S/C21H30N2O4/c1-21(2,3)27-20(26)22-15-16-11-13-23(14-12-16)19(25)10-9-18(24)17-7-5-4-6-8-17/h4-8,16H,9-15H2,1-3H3,(H,22,26). The number of hydrogen-bond donors (Lipinski definition) is 1. The molecule has 27 heavy (non-hydrogen) atoms. The maximum absolute atomic E-state index is 12.3. The number of nitrogens with one attached hydrogen (secondary N) is 1. The summed E-state index contributed by atoms with van der Waals surface area (Å²) in [5, 5.41) is 2.80. The van der Waals surface area contributed by atoms with Crippen LogP contribution in [-0.2, 0) is 9.53 Å². The molecule has 1 heterocycles. The number of Topliss-reactive ketones (excluding diaryl/α,β-unsaturated/α-hetero) is 1. The Morgan fingerprint density at radius 1 is 1.07 bits per heavy atom. The summed E-state index contributed by atoms with van der Waals surface area (Å²) in [4.78, 5) is 38.0. The van der Waals surface area contributed by atoms with Crippen molar-refractivity contribution in [2.45, 2.75) is 52.1 Å². The molecule has 0 bridgehead atoms. The molecule has 1 aromatic rings. The minimum absolute atomic E-state index is 0.000367. The molecule has 6 nitrogen and oxygen atoms in total. The summed E-state index contributed by atoms with van der Waals surface area (Å²) in [5.74, 6) is 0.366. The van der Waals surface area contributed by atoms with Crippen LogP contribution < -0.4 is 5.32 Å². The lowest BCUT2D eigenvalue weighted by molar-refractivity contribution is -0.132. The Morgan fingerprint density at radius 2 is 1.70 bits per heavy atom. The Morgan fingerprint density at radius 3 is 2.30 bits per heavy atom. The molecule has 0 aromatic heterocycles. The Kier molecular flexibility index (Phi) is 7.39. The number of amides is 2. The Labute approximate surface area is 161 Å². The van der Waals surface area contributed by atoms with E-state index in [0.717, 1.165) is 12.8 Å². The maximum atomic E-state index is 12.3. The van der Waals surface area contributed by atoms with E-state index in [4.69, 9.17) is 4.74 Å². The van der Waals surface area contributed by atoms with Crippen LogP contribution >= 0.6 is 0 Å². The molecule has 0 spiro atoms. The summed E-state index contributed by atoms with van der Waals surface area (Å²) in [5.41, 5.74) is 0.147. The van der Waals surface area contributed by atoms with E-state index in [1.165, 1.54) is 0 Å². The zero-order valence-electron chi connectivity index (χ0n) is 16.5. The Balaban J connectivity index is 1.67. The minimum Gasteiger partial charge on any atom is -0.444 e. The van der Waals surface area contributed by atoms with Crippen LogP contribution in [0.3, 0.4) is 0 Å². The second-order valence-corrected chi connectivity index (χ2v) is 8.00. The van der Waals surface area contributed by atoms with E-state index in [-0.39, 0.29) is 24.5 Å². The number of likely N-dealkylation sites (tertiary alicyclic amines) is 1. The molecule has 0 aliphatic carbocycles. The van der Waals surface area contributed by atoms with Crippen LogP contribution in [0, 0.1) is 5.92 Å². The quantitative estimate of drug-likeness (QED) is 0.774. The lowest BCUT2D eigenvalue weighted by atomic mass is 9.96. The van der Waals surface area contributed by atoms with Crippen LogP contribution in [0.4, 0.5) is 4.79 Å². The van der Waals surface area contributed by atoms with E-state index in [2.05, 4.69) is 5.32 Å². The van der Waals surface area contributed by atoms with E-state index in [1.54, 1.807) is 12.1 Å². The molecule has 148 valence electrons. The van der Waals surface area contributed by atoms with Crippen LogP contribution in [-0.4, -0.2) is 47.9 Å². The number of alkyl carbamates (subject to hydrolysis) is 1. The number of hydrogen-bond acceptors (Lipinski definition) is 4. The fourth-order valence-corrected chi connectivity index (χ4v) is 3.08. The second-order valence-electron chi connectivity index (χ2n) is 8.00. The number of nitrogens with zero attached hydrogens (tertiary/aromatic N) is 1. The Hall–Kier alpha value is -2.37. The van der Waals surface area contributed by atoms with Crippen molar-refractivity contribution < 1.29 is 19.1 Å². The normalized spacial score (nSPS) is 15.3. The molecular weight excluding hydrogens is 344 g/mol. The third kappa shape index (κ3) is 7.41. The van der Waals surface area contributed by atoms with Gasteiger partial charge >= 0.3 is 6.09 Å². The number of benzene rings is 1. The summed E-state index contributed by atoms with van der Waals surface area (Å²) < 4.78 is 5.23. The molecule has 1 N–H and O–H groups in total. The maximum Gasteiger partial charge on any atom is 0.407 e. The first-order valence-electron chi connectivity index (χ1n) is 9.57. The first-order valence-corrected chi connectivity index (χ1v) is 9.57. The van der Waals surface area contributed by atoms with Crippen LogP contribution in [0.2, 0.25) is 0 Å². The Bertz CT molecular complexity index is 644. The van der Waals surface area contributed by atoms with Gasteiger partial charge in [-0.3, -0.25) is 9.59 Å². The number of rotatable bonds is 6. The summed E-state index contributed by atoms with van der Waals surface area (Å²) in [6.45, 7) is 7.39. The molecule has 1 aromatic carbocycles. The van der Waals surface area contributed by atoms with Crippen molar-refractivity contribution in [2.24, 2.45) is 5.92 Å². The number of carbonyl (C=O) groups is 3. The molecule has 1 aliphatic rings. The van der Waals surface area contributed by atoms with Gasteiger partial charge < -0.3 is 15.0 Å². The van der Waals surface area contributed by atoms with Gasteiger partial charge in [0.25, 0.3) is 0 Å². The molecule has 0 radical (unpaired) electrons. The van der Waals surface area contributed by atoms with Gasteiger partial charge in [0.1, 0.15) is 5.60 Å². The van der Waals surface area contributed by atoms with Crippen LogP contribution in [0.1, 0.15) is 56.8 Å². The average molecular weight is 374 g/mol. The fourth-order valence-electron chi connectivity index (χ4n) is 3.08. The zero-order valence-corrected chi connectivity index (χ0v) is 16.5. The number of ketones is 1. The molecule has 1 saturated heterocycles. The lowest BCUT2D eigenvalue weighted by Gasteiger charge is -2.32. The highest BCUT2D eigenvalue weighted by Crippen LogP contribution is 2.18. The van der Waals surface area contributed by atoms with Crippen molar-refractivity contribution in [3.63, 3.8) is 0 Å². The molecule has 6 heteroatoms. The third-order valence-electron chi connectivity index (χ3n) is 4.56. The highest BCUT2D eigenvalue weighted by Gasteiger charge is 2.24. The van der Waals surface area contributed by atoms with E-state index >= 15 is 0 Å². The van der Waals surface area contributed by atoms with Crippen molar-refractivity contribution in [2.75, 3.05) is 19.6 Å². The first kappa shape index (κ1) is 20.9. The van der Waals surface area contributed by atoms with E-state index in [0.29, 0.717) is 31.1 Å². The fraction of sp³-hybridized carbons (Fsp3) is 0.571. The lowest BCUT2D eigenvalue weighted by Crippen LogP contribution is -2.42. The third-order valence-corrected chi connectivity index (χ3v) is 4.56.